The lowest BCUT2D eigenvalue weighted by molar-refractivity contribution is -0.137. The van der Waals surface area contributed by atoms with Crippen molar-refractivity contribution in [1.82, 2.24) is 14.5 Å². The van der Waals surface area contributed by atoms with Crippen LogP contribution in [-0.4, -0.2) is 26.9 Å². The van der Waals surface area contributed by atoms with Gasteiger partial charge in [-0.05, 0) is 55.8 Å². The van der Waals surface area contributed by atoms with Gasteiger partial charge < -0.3 is 10.2 Å². The number of aromatic nitrogens is 2. The molecule has 1 aliphatic rings. The Morgan fingerprint density at radius 3 is 2.40 bits per heavy atom. The first kappa shape index (κ1) is 24.8. The lowest BCUT2D eigenvalue weighted by Crippen LogP contribution is -2.41. The van der Waals surface area contributed by atoms with Crippen LogP contribution < -0.4 is 10.9 Å². The minimum Gasteiger partial charge on any atom is -0.349 e. The maximum Gasteiger partial charge on any atom is 0.416 e. The zero-order chi connectivity index (χ0) is 25.3. The second-order valence-electron chi connectivity index (χ2n) is 8.38. The normalized spacial score (nSPS) is 14.4. The molecule has 2 heterocycles. The van der Waals surface area contributed by atoms with Gasteiger partial charge in [-0.1, -0.05) is 23.7 Å². The van der Waals surface area contributed by atoms with Crippen LogP contribution in [0, 0.1) is 0 Å². The lowest BCUT2D eigenvalue weighted by Gasteiger charge is -2.29. The number of halogens is 4. The van der Waals surface area contributed by atoms with Gasteiger partial charge in [-0.15, -0.1) is 0 Å². The Balaban J connectivity index is 1.57. The number of hydrogen-bond acceptors (Lipinski definition) is 4. The van der Waals surface area contributed by atoms with E-state index in [1.807, 2.05) is 6.92 Å². The number of amides is 1. The van der Waals surface area contributed by atoms with E-state index in [0.717, 1.165) is 12.1 Å². The van der Waals surface area contributed by atoms with Crippen molar-refractivity contribution in [2.24, 2.45) is 0 Å². The molecular weight excluding hydrogens is 481 g/mol. The van der Waals surface area contributed by atoms with E-state index < -0.39 is 11.7 Å². The van der Waals surface area contributed by atoms with E-state index in [1.165, 1.54) is 16.7 Å². The molecule has 1 aromatic heterocycles. The predicted octanol–water partition coefficient (Wildman–Crippen LogP) is 5.31. The van der Waals surface area contributed by atoms with Crippen molar-refractivity contribution in [2.75, 3.05) is 11.9 Å². The first-order chi connectivity index (χ1) is 16.6. The van der Waals surface area contributed by atoms with Gasteiger partial charge in [0.2, 0.25) is 5.95 Å². The van der Waals surface area contributed by atoms with E-state index in [2.05, 4.69) is 10.3 Å². The Morgan fingerprint density at radius 1 is 1.14 bits per heavy atom. The van der Waals surface area contributed by atoms with Crippen molar-refractivity contribution in [3.8, 4) is 0 Å². The molecule has 0 radical (unpaired) electrons. The monoisotopic (exact) mass is 504 g/mol. The van der Waals surface area contributed by atoms with Crippen LogP contribution in [0.15, 0.2) is 53.3 Å². The first-order valence-corrected chi connectivity index (χ1v) is 11.6. The van der Waals surface area contributed by atoms with Gasteiger partial charge in [-0.2, -0.15) is 13.2 Å². The van der Waals surface area contributed by atoms with Crippen molar-refractivity contribution >= 4 is 23.5 Å². The molecule has 1 amide bonds. The van der Waals surface area contributed by atoms with E-state index in [9.17, 15) is 22.8 Å². The number of alkyl halides is 3. The topological polar surface area (TPSA) is 67.2 Å². The largest absolute Gasteiger partial charge is 0.416 e. The molecule has 1 unspecified atom stereocenters. The molecule has 0 bridgehead atoms. The van der Waals surface area contributed by atoms with Crippen LogP contribution in [0.25, 0.3) is 0 Å². The number of nitrogens with zero attached hydrogens (tertiary/aromatic N) is 3. The Morgan fingerprint density at radius 2 is 1.80 bits per heavy atom. The predicted molar refractivity (Wildman–Crippen MR) is 128 cm³/mol. The fourth-order valence-electron chi connectivity index (χ4n) is 4.10. The van der Waals surface area contributed by atoms with E-state index >= 15 is 0 Å². The van der Waals surface area contributed by atoms with E-state index in [-0.39, 0.29) is 24.1 Å². The maximum atomic E-state index is 13.3. The number of carbonyl (C=O) groups excluding carboxylic acids is 1. The molecular formula is C25H24ClF3N4O2. The number of fused-ring (bicyclic) bond motifs is 1. The van der Waals surface area contributed by atoms with Crippen LogP contribution in [0.4, 0.5) is 19.1 Å². The number of carbonyl (C=O) groups is 1. The highest BCUT2D eigenvalue weighted by molar-refractivity contribution is 6.30. The third-order valence-electron chi connectivity index (χ3n) is 6.09. The van der Waals surface area contributed by atoms with Gasteiger partial charge in [-0.3, -0.25) is 14.2 Å². The van der Waals surface area contributed by atoms with Crippen LogP contribution >= 0.6 is 11.6 Å². The first-order valence-electron chi connectivity index (χ1n) is 11.2. The summed E-state index contributed by atoms with van der Waals surface area (Å²) < 4.78 is 40.1. The van der Waals surface area contributed by atoms with Gasteiger partial charge in [0.1, 0.15) is 0 Å². The summed E-state index contributed by atoms with van der Waals surface area (Å²) in [6.07, 6.45) is -3.99. The summed E-state index contributed by atoms with van der Waals surface area (Å²) in [5, 5.41) is 3.70. The number of anilines is 1. The van der Waals surface area contributed by atoms with Gasteiger partial charge in [0, 0.05) is 30.1 Å². The zero-order valence-electron chi connectivity index (χ0n) is 19.2. The fourth-order valence-corrected chi connectivity index (χ4v) is 4.23. The second kappa shape index (κ2) is 9.73. The molecule has 6 nitrogen and oxygen atoms in total. The molecule has 0 fully saturated rings. The molecule has 184 valence electrons. The van der Waals surface area contributed by atoms with Crippen LogP contribution in [0.2, 0.25) is 5.02 Å². The standard InChI is InChI=1S/C25H24ClF3N4O2/c1-3-33-23(35)20-14-32(22(34)17-6-10-19(26)11-7-17)13-12-21(20)31-24(33)30-15(2)16-4-8-18(9-5-16)25(27,28)29/h4-11,15H,3,12-14H2,1-2H3,(H,30,31). The molecule has 1 aliphatic heterocycles. The third-order valence-corrected chi connectivity index (χ3v) is 6.35. The van der Waals surface area contributed by atoms with Gasteiger partial charge in [0.25, 0.3) is 11.5 Å². The fraction of sp³-hybridized carbons (Fsp3) is 0.320. The average Bonchev–Trinajstić information content (AvgIpc) is 2.83. The molecule has 3 aromatic rings. The highest BCUT2D eigenvalue weighted by Gasteiger charge is 2.30. The number of hydrogen-bond donors (Lipinski definition) is 1. The van der Waals surface area contributed by atoms with Crippen molar-refractivity contribution in [3.05, 3.63) is 91.9 Å². The van der Waals surface area contributed by atoms with Crippen molar-refractivity contribution in [3.63, 3.8) is 0 Å². The smallest absolute Gasteiger partial charge is 0.349 e. The molecule has 35 heavy (non-hydrogen) atoms. The van der Waals surface area contributed by atoms with Crippen molar-refractivity contribution in [1.29, 1.82) is 0 Å². The highest BCUT2D eigenvalue weighted by Crippen LogP contribution is 2.30. The van der Waals surface area contributed by atoms with E-state index in [4.69, 9.17) is 11.6 Å². The molecule has 0 spiro atoms. The second-order valence-corrected chi connectivity index (χ2v) is 8.82. The molecule has 1 atom stereocenters. The summed E-state index contributed by atoms with van der Waals surface area (Å²) in [6.45, 7) is 4.50. The Kier molecular flexibility index (Phi) is 6.89. The maximum absolute atomic E-state index is 13.3. The Hall–Kier alpha value is -3.33. The molecule has 0 aliphatic carbocycles. The van der Waals surface area contributed by atoms with Gasteiger partial charge in [0.05, 0.1) is 29.4 Å². The summed E-state index contributed by atoms with van der Waals surface area (Å²) in [4.78, 5) is 32.5. The molecule has 4 rings (SSSR count). The molecule has 1 N–H and O–H groups in total. The molecule has 2 aromatic carbocycles. The minimum absolute atomic E-state index is 0.150. The van der Waals surface area contributed by atoms with E-state index in [0.29, 0.717) is 52.9 Å². The lowest BCUT2D eigenvalue weighted by atomic mass is 10.0. The van der Waals surface area contributed by atoms with Crippen LogP contribution in [0.1, 0.15) is 52.6 Å². The Labute approximate surface area is 205 Å². The van der Waals surface area contributed by atoms with Crippen molar-refractivity contribution < 1.29 is 18.0 Å². The molecule has 0 saturated carbocycles. The average molecular weight is 505 g/mol. The highest BCUT2D eigenvalue weighted by atomic mass is 35.5. The summed E-state index contributed by atoms with van der Waals surface area (Å²) in [7, 11) is 0. The van der Waals surface area contributed by atoms with E-state index in [1.54, 1.807) is 36.1 Å². The molecule has 10 heteroatoms. The summed E-state index contributed by atoms with van der Waals surface area (Å²) >= 11 is 5.91. The zero-order valence-corrected chi connectivity index (χ0v) is 20.0. The Bertz CT molecular complexity index is 1290. The van der Waals surface area contributed by atoms with Gasteiger partial charge in [-0.25, -0.2) is 4.98 Å². The number of nitrogens with one attached hydrogen (secondary N) is 1. The summed E-state index contributed by atoms with van der Waals surface area (Å²) in [5.41, 5.74) is 1.24. The minimum atomic E-state index is -4.40. The quantitative estimate of drug-likeness (QED) is 0.511. The number of benzene rings is 2. The van der Waals surface area contributed by atoms with Crippen LogP contribution in [0.3, 0.4) is 0 Å². The van der Waals surface area contributed by atoms with Crippen LogP contribution in [-0.2, 0) is 25.7 Å². The summed E-state index contributed by atoms with van der Waals surface area (Å²) in [5.74, 6) is 0.161. The summed E-state index contributed by atoms with van der Waals surface area (Å²) in [6, 6.07) is 11.1. The van der Waals surface area contributed by atoms with Crippen LogP contribution in [0.5, 0.6) is 0 Å². The van der Waals surface area contributed by atoms with Gasteiger partial charge >= 0.3 is 6.18 Å². The molecule has 0 saturated heterocycles. The van der Waals surface area contributed by atoms with Gasteiger partial charge in [0.15, 0.2) is 0 Å². The third kappa shape index (κ3) is 5.19. The van der Waals surface area contributed by atoms with Crippen molar-refractivity contribution in [2.45, 2.75) is 45.6 Å². The number of rotatable bonds is 5. The SMILES string of the molecule is CCn1c(NC(C)c2ccc(C(F)(F)F)cc2)nc2c(c1=O)CN(C(=O)c1ccc(Cl)cc1)CC2.